The molecule has 1 aromatic heterocycles. The number of halogens is 1. The Kier molecular flexibility index (Phi) is 5.31. The van der Waals surface area contributed by atoms with Crippen LogP contribution in [0.15, 0.2) is 18.2 Å². The van der Waals surface area contributed by atoms with Crippen LogP contribution in [0.3, 0.4) is 0 Å². The van der Waals surface area contributed by atoms with Crippen LogP contribution in [0.2, 0.25) is 5.02 Å². The smallest absolute Gasteiger partial charge is 0.267 e. The molecule has 3 rings (SSSR count). The summed E-state index contributed by atoms with van der Waals surface area (Å²) in [4.78, 5) is 12.6. The fourth-order valence-corrected chi connectivity index (χ4v) is 3.24. The number of carbonyl (C=O) groups excluding carboxylic acids is 1. The van der Waals surface area contributed by atoms with Gasteiger partial charge in [0.25, 0.3) is 5.91 Å². The van der Waals surface area contributed by atoms with Gasteiger partial charge in [-0.3, -0.25) is 4.79 Å². The molecule has 1 aliphatic heterocycles. The second-order valence-corrected chi connectivity index (χ2v) is 6.31. The number of hydrogen-bond acceptors (Lipinski definition) is 3. The van der Waals surface area contributed by atoms with Crippen molar-refractivity contribution in [2.45, 2.75) is 39.3 Å². The molecule has 0 fully saturated rings. The van der Waals surface area contributed by atoms with Gasteiger partial charge in [-0.15, -0.1) is 0 Å². The Bertz CT molecular complexity index is 741. The van der Waals surface area contributed by atoms with Crippen molar-refractivity contribution in [1.29, 1.82) is 0 Å². The van der Waals surface area contributed by atoms with E-state index in [2.05, 4.69) is 12.2 Å². The maximum atomic E-state index is 12.6. The Morgan fingerprint density at radius 2 is 2.29 bits per heavy atom. The second-order valence-electron chi connectivity index (χ2n) is 5.90. The highest BCUT2D eigenvalue weighted by Gasteiger charge is 2.26. The Hall–Kier alpha value is -1.72. The molecular formula is C18H23ClN2O3. The predicted molar refractivity (Wildman–Crippen MR) is 95.1 cm³/mol. The van der Waals surface area contributed by atoms with Crippen molar-refractivity contribution in [3.63, 3.8) is 0 Å². The minimum atomic E-state index is -0.0820. The van der Waals surface area contributed by atoms with Gasteiger partial charge >= 0.3 is 0 Å². The van der Waals surface area contributed by atoms with Gasteiger partial charge in [0.05, 0.1) is 17.1 Å². The Labute approximate surface area is 146 Å². The molecule has 0 bridgehead atoms. The highest BCUT2D eigenvalue weighted by molar-refractivity contribution is 6.36. The third-order valence-electron chi connectivity index (χ3n) is 4.29. The largest absolute Gasteiger partial charge is 0.486 e. The Morgan fingerprint density at radius 1 is 1.46 bits per heavy atom. The molecular weight excluding hydrogens is 328 g/mol. The van der Waals surface area contributed by atoms with E-state index in [0.717, 1.165) is 29.5 Å². The molecule has 0 saturated carbocycles. The Balaban J connectivity index is 1.85. The molecule has 0 spiro atoms. The van der Waals surface area contributed by atoms with Crippen molar-refractivity contribution in [1.82, 2.24) is 9.88 Å². The lowest BCUT2D eigenvalue weighted by Crippen LogP contribution is -2.32. The molecule has 0 radical (unpaired) electrons. The van der Waals surface area contributed by atoms with Crippen LogP contribution in [-0.2, 0) is 11.3 Å². The van der Waals surface area contributed by atoms with E-state index >= 15 is 0 Å². The summed E-state index contributed by atoms with van der Waals surface area (Å²) in [5, 5.41) is 4.47. The van der Waals surface area contributed by atoms with Gasteiger partial charge in [-0.05, 0) is 38.0 Å². The maximum absolute atomic E-state index is 12.6. The number of nitrogens with one attached hydrogen (secondary N) is 1. The normalized spacial score (nSPS) is 16.2. The molecule has 1 amide bonds. The van der Waals surface area contributed by atoms with E-state index in [1.165, 1.54) is 0 Å². The monoisotopic (exact) mass is 350 g/mol. The van der Waals surface area contributed by atoms with Crippen LogP contribution in [0.5, 0.6) is 5.75 Å². The van der Waals surface area contributed by atoms with E-state index in [1.54, 1.807) is 0 Å². The number of rotatable bonds is 7. The summed E-state index contributed by atoms with van der Waals surface area (Å²) in [6, 6.07) is 5.57. The van der Waals surface area contributed by atoms with Crippen molar-refractivity contribution in [3.05, 3.63) is 28.9 Å². The van der Waals surface area contributed by atoms with Crippen LogP contribution in [0.25, 0.3) is 10.9 Å². The van der Waals surface area contributed by atoms with Gasteiger partial charge in [0, 0.05) is 25.1 Å². The van der Waals surface area contributed by atoms with Crippen LogP contribution in [0, 0.1) is 0 Å². The lowest BCUT2D eigenvalue weighted by Gasteiger charge is -2.26. The molecule has 130 valence electrons. The number of nitrogens with zero attached hydrogens (tertiary/aromatic N) is 1. The third kappa shape index (κ3) is 3.23. The van der Waals surface area contributed by atoms with Crippen LogP contribution in [0.4, 0.5) is 0 Å². The lowest BCUT2D eigenvalue weighted by atomic mass is 10.2. The van der Waals surface area contributed by atoms with Gasteiger partial charge in [-0.25, -0.2) is 0 Å². The van der Waals surface area contributed by atoms with E-state index < -0.39 is 0 Å². The minimum Gasteiger partial charge on any atom is -0.486 e. The highest BCUT2D eigenvalue weighted by Crippen LogP contribution is 2.38. The first kappa shape index (κ1) is 17.1. The van der Waals surface area contributed by atoms with Gasteiger partial charge in [0.15, 0.2) is 0 Å². The second kappa shape index (κ2) is 7.45. The third-order valence-corrected chi connectivity index (χ3v) is 4.62. The molecule has 0 saturated heterocycles. The molecule has 1 N–H and O–H groups in total. The molecule has 1 aliphatic rings. The van der Waals surface area contributed by atoms with Gasteiger partial charge in [-0.2, -0.15) is 0 Å². The van der Waals surface area contributed by atoms with E-state index in [9.17, 15) is 4.79 Å². The average molecular weight is 351 g/mol. The fourth-order valence-electron chi connectivity index (χ4n) is 3.03. The SMILES string of the molecule is CCOCCCNC(=O)c1cc2c(Cl)ccc3c2n1C[C@H](CC)O3. The zero-order valence-corrected chi connectivity index (χ0v) is 14.9. The first-order chi connectivity index (χ1) is 11.7. The standard InChI is InChI=1S/C18H23ClN2O3/c1-3-12-11-21-15(18(22)20-8-5-9-23-4-2)10-13-14(19)6-7-16(24-12)17(13)21/h6-7,10,12H,3-5,8-9,11H2,1-2H3,(H,20,22)/t12-/m0/s1. The molecule has 2 heterocycles. The highest BCUT2D eigenvalue weighted by atomic mass is 35.5. The van der Waals surface area contributed by atoms with E-state index in [4.69, 9.17) is 21.1 Å². The minimum absolute atomic E-state index is 0.0683. The molecule has 0 unspecified atom stereocenters. The number of benzene rings is 1. The lowest BCUT2D eigenvalue weighted by molar-refractivity contribution is 0.0929. The van der Waals surface area contributed by atoms with Gasteiger partial charge in [-0.1, -0.05) is 18.5 Å². The van der Waals surface area contributed by atoms with E-state index in [1.807, 2.05) is 29.7 Å². The van der Waals surface area contributed by atoms with Crippen molar-refractivity contribution >= 4 is 28.4 Å². The molecule has 1 aromatic carbocycles. The van der Waals surface area contributed by atoms with Crippen molar-refractivity contribution < 1.29 is 14.3 Å². The van der Waals surface area contributed by atoms with Crippen molar-refractivity contribution in [2.75, 3.05) is 19.8 Å². The maximum Gasteiger partial charge on any atom is 0.267 e. The zero-order chi connectivity index (χ0) is 17.1. The molecule has 2 aromatic rings. The number of ether oxygens (including phenoxy) is 2. The van der Waals surface area contributed by atoms with Crippen molar-refractivity contribution in [3.8, 4) is 5.75 Å². The molecule has 1 atom stereocenters. The first-order valence-electron chi connectivity index (χ1n) is 8.50. The van der Waals surface area contributed by atoms with Gasteiger partial charge < -0.3 is 19.4 Å². The predicted octanol–water partition coefficient (Wildman–Crippen LogP) is 3.62. The molecule has 5 nitrogen and oxygen atoms in total. The molecule has 0 aliphatic carbocycles. The summed E-state index contributed by atoms with van der Waals surface area (Å²) in [5.41, 5.74) is 1.55. The number of amides is 1. The van der Waals surface area contributed by atoms with Gasteiger partial charge in [0.1, 0.15) is 17.5 Å². The van der Waals surface area contributed by atoms with Crippen LogP contribution >= 0.6 is 11.6 Å². The Morgan fingerprint density at radius 3 is 3.04 bits per heavy atom. The van der Waals surface area contributed by atoms with Crippen LogP contribution in [0.1, 0.15) is 37.2 Å². The average Bonchev–Trinajstić information content (AvgIpc) is 2.98. The first-order valence-corrected chi connectivity index (χ1v) is 8.87. The summed E-state index contributed by atoms with van der Waals surface area (Å²) in [5.74, 6) is 0.712. The summed E-state index contributed by atoms with van der Waals surface area (Å²) in [6.45, 7) is 6.65. The molecule has 6 heteroatoms. The zero-order valence-electron chi connectivity index (χ0n) is 14.1. The fraction of sp³-hybridized carbons (Fsp3) is 0.500. The summed E-state index contributed by atoms with van der Waals surface area (Å²) >= 11 is 6.31. The van der Waals surface area contributed by atoms with Gasteiger partial charge in [0.2, 0.25) is 0 Å². The summed E-state index contributed by atoms with van der Waals surface area (Å²) in [7, 11) is 0. The van der Waals surface area contributed by atoms with E-state index in [-0.39, 0.29) is 12.0 Å². The van der Waals surface area contributed by atoms with Crippen LogP contribution in [-0.4, -0.2) is 36.3 Å². The summed E-state index contributed by atoms with van der Waals surface area (Å²) < 4.78 is 13.3. The summed E-state index contributed by atoms with van der Waals surface area (Å²) in [6.07, 6.45) is 1.75. The quantitative estimate of drug-likeness (QED) is 0.776. The molecule has 24 heavy (non-hydrogen) atoms. The van der Waals surface area contributed by atoms with E-state index in [0.29, 0.717) is 37.0 Å². The van der Waals surface area contributed by atoms with Crippen LogP contribution < -0.4 is 10.1 Å². The van der Waals surface area contributed by atoms with Crippen molar-refractivity contribution in [2.24, 2.45) is 0 Å². The topological polar surface area (TPSA) is 52.5 Å². The number of aromatic nitrogens is 1. The number of carbonyl (C=O) groups is 1. The number of hydrogen-bond donors (Lipinski definition) is 1.